The number of nitrogens with zero attached hydrogens (tertiary/aromatic N) is 2. The van der Waals surface area contributed by atoms with Gasteiger partial charge in [-0.1, -0.05) is 12.5 Å². The van der Waals surface area contributed by atoms with E-state index in [2.05, 4.69) is 22.2 Å². The summed E-state index contributed by atoms with van der Waals surface area (Å²) in [6, 6.07) is -0.673. The fraction of sp³-hybridized carbons (Fsp3) is 0.680. The number of rotatable bonds is 9. The van der Waals surface area contributed by atoms with Crippen molar-refractivity contribution in [1.29, 1.82) is 0 Å². The topological polar surface area (TPSA) is 256 Å². The maximum absolute atomic E-state index is 12.0. The number of aromatic amines is 1. The number of aliphatic hydroxyl groups is 6. The molecule has 1 aromatic heterocycles. The minimum Gasteiger partial charge on any atom is -0.394 e. The van der Waals surface area contributed by atoms with Crippen LogP contribution >= 0.6 is 0 Å². The highest BCUT2D eigenvalue weighted by atomic mass is 16.6. The third-order valence-electron chi connectivity index (χ3n) is 7.11. The third kappa shape index (κ3) is 7.49. The van der Waals surface area contributed by atoms with Crippen LogP contribution in [0.15, 0.2) is 27.9 Å². The molecule has 3 aliphatic heterocycles. The second kappa shape index (κ2) is 14.5. The Morgan fingerprint density at radius 3 is 2.12 bits per heavy atom. The molecule has 0 bridgehead atoms. The minimum atomic E-state index is -1.39. The average molecular weight is 602 g/mol. The fourth-order valence-corrected chi connectivity index (χ4v) is 4.59. The Morgan fingerprint density at radius 1 is 1.00 bits per heavy atom. The number of carbonyl (C=O) groups is 2. The van der Waals surface area contributed by atoms with Crippen LogP contribution in [0.1, 0.15) is 32.1 Å². The van der Waals surface area contributed by atoms with Gasteiger partial charge in [0, 0.05) is 24.8 Å². The number of hydrogen-bond acceptors (Lipinski definition) is 13. The van der Waals surface area contributed by atoms with E-state index in [1.165, 1.54) is 6.20 Å². The van der Waals surface area contributed by atoms with Crippen molar-refractivity contribution in [2.24, 2.45) is 5.92 Å². The fourth-order valence-electron chi connectivity index (χ4n) is 4.59. The molecule has 0 radical (unpaired) electrons. The van der Waals surface area contributed by atoms with Crippen molar-refractivity contribution in [2.45, 2.75) is 75.9 Å². The van der Waals surface area contributed by atoms with Crippen LogP contribution in [-0.2, 0) is 20.8 Å². The molecule has 3 fully saturated rings. The van der Waals surface area contributed by atoms with E-state index < -0.39 is 85.5 Å². The summed E-state index contributed by atoms with van der Waals surface area (Å²) in [6.45, 7) is 7.30. The lowest BCUT2D eigenvalue weighted by molar-refractivity contribution is -0.130. The molecule has 0 aromatic carbocycles. The number of amides is 3. The molecule has 1 aromatic rings. The molecule has 3 saturated heterocycles. The molecule has 42 heavy (non-hydrogen) atoms. The molecule has 17 nitrogen and oxygen atoms in total. The lowest BCUT2D eigenvalue weighted by atomic mass is 10.1. The first-order valence-corrected chi connectivity index (χ1v) is 13.4. The highest BCUT2D eigenvalue weighted by Gasteiger charge is 2.48. The van der Waals surface area contributed by atoms with E-state index in [1.54, 1.807) is 6.92 Å². The Labute approximate surface area is 240 Å². The zero-order valence-corrected chi connectivity index (χ0v) is 23.3. The number of urea groups is 1. The van der Waals surface area contributed by atoms with Gasteiger partial charge in [-0.2, -0.15) is 0 Å². The summed E-state index contributed by atoms with van der Waals surface area (Å²) in [5, 5.41) is 62.5. The first-order valence-electron chi connectivity index (χ1n) is 13.4. The van der Waals surface area contributed by atoms with Crippen LogP contribution in [0.4, 0.5) is 4.79 Å². The third-order valence-corrected chi connectivity index (χ3v) is 7.11. The zero-order valence-electron chi connectivity index (χ0n) is 23.3. The molecule has 0 saturated carbocycles. The van der Waals surface area contributed by atoms with Gasteiger partial charge in [0.05, 0.1) is 19.1 Å². The molecule has 4 rings (SSSR count). The maximum atomic E-state index is 12.0. The molecule has 9 atom stereocenters. The van der Waals surface area contributed by atoms with Crippen molar-refractivity contribution in [3.8, 4) is 0 Å². The smallest absolute Gasteiger partial charge is 0.330 e. The van der Waals surface area contributed by atoms with E-state index in [1.807, 2.05) is 6.92 Å². The first kappa shape index (κ1) is 33.5. The standard InChI is InChI=1S/C15H23N3O6.C10H16N2O6/c1-8(2)3-4-16-5-9-6-18(15(23)17-13(9)22)14-12(21)11(20)10(7-19)24-14;1-4-2-12(10(17)11-8(4)16)9-7(15)6(14)5(3-13)18-9/h6,10-12,14,16,19-21H,1,3-5,7H2,2H3,(H,17,22,23);4-7,9,13-15H,2-3H2,1H3,(H,11,16,17)/t10-,11-,12-,14-;4?,5-,6-,7-,9-/m11/s1. The summed E-state index contributed by atoms with van der Waals surface area (Å²) in [5.41, 5.74) is -0.00621. The highest BCUT2D eigenvalue weighted by Crippen LogP contribution is 2.28. The van der Waals surface area contributed by atoms with Crippen LogP contribution in [0.5, 0.6) is 0 Å². The van der Waals surface area contributed by atoms with Gasteiger partial charge in [-0.15, -0.1) is 6.58 Å². The normalized spacial score (nSPS) is 32.9. The van der Waals surface area contributed by atoms with Crippen molar-refractivity contribution >= 4 is 11.9 Å². The number of nitrogens with one attached hydrogen (secondary N) is 3. The van der Waals surface area contributed by atoms with Crippen LogP contribution in [0.2, 0.25) is 0 Å². The Morgan fingerprint density at radius 2 is 1.57 bits per heavy atom. The van der Waals surface area contributed by atoms with Crippen LogP contribution in [0, 0.1) is 5.92 Å². The van der Waals surface area contributed by atoms with Crippen molar-refractivity contribution in [1.82, 2.24) is 25.1 Å². The Balaban J connectivity index is 0.000000240. The van der Waals surface area contributed by atoms with E-state index in [0.29, 0.717) is 6.54 Å². The quantitative estimate of drug-likeness (QED) is 0.0963. The molecule has 17 heteroatoms. The SMILES string of the molecule is C=C(C)CCNCc1cn([C@@H]2O[C@H](CO)[C@@H](O)[C@H]2O)c(=O)[nH]c1=O.CC1CN([C@@H]2O[C@H](CO)[C@@H](O)[C@H]2O)C(=O)NC1=O. The predicted molar refractivity (Wildman–Crippen MR) is 143 cm³/mol. The molecule has 3 aliphatic rings. The molecule has 4 heterocycles. The summed E-state index contributed by atoms with van der Waals surface area (Å²) >= 11 is 0. The molecular formula is C25H39N5O12. The zero-order chi connectivity index (χ0) is 31.3. The molecule has 236 valence electrons. The highest BCUT2D eigenvalue weighted by molar-refractivity contribution is 5.97. The van der Waals surface area contributed by atoms with Gasteiger partial charge in [0.2, 0.25) is 5.91 Å². The van der Waals surface area contributed by atoms with Crippen molar-refractivity contribution in [3.05, 3.63) is 44.8 Å². The predicted octanol–water partition coefficient (Wildman–Crippen LogP) is -4.18. The van der Waals surface area contributed by atoms with Gasteiger partial charge in [0.25, 0.3) is 5.56 Å². The summed E-state index contributed by atoms with van der Waals surface area (Å²) in [6.07, 6.45) is -7.43. The number of H-pyrrole nitrogens is 1. The van der Waals surface area contributed by atoms with Gasteiger partial charge in [0.15, 0.2) is 12.5 Å². The van der Waals surface area contributed by atoms with Gasteiger partial charge >= 0.3 is 11.7 Å². The maximum Gasteiger partial charge on any atom is 0.330 e. The lowest BCUT2D eigenvalue weighted by Gasteiger charge is -2.35. The van der Waals surface area contributed by atoms with Gasteiger partial charge in [-0.25, -0.2) is 9.59 Å². The van der Waals surface area contributed by atoms with Gasteiger partial charge < -0.3 is 45.4 Å². The Bertz CT molecular complexity index is 1240. The Hall–Kier alpha value is -3.00. The van der Waals surface area contributed by atoms with E-state index in [0.717, 1.165) is 21.5 Å². The molecular weight excluding hydrogens is 562 g/mol. The Kier molecular flexibility index (Phi) is 11.5. The number of aliphatic hydroxyl groups excluding tert-OH is 6. The van der Waals surface area contributed by atoms with E-state index in [9.17, 15) is 39.6 Å². The molecule has 0 aliphatic carbocycles. The second-order valence-corrected chi connectivity index (χ2v) is 10.5. The van der Waals surface area contributed by atoms with Gasteiger partial charge in [-0.3, -0.25) is 29.4 Å². The molecule has 0 spiro atoms. The van der Waals surface area contributed by atoms with Crippen LogP contribution < -0.4 is 21.9 Å². The van der Waals surface area contributed by atoms with Gasteiger partial charge in [0.1, 0.15) is 36.6 Å². The van der Waals surface area contributed by atoms with Crippen molar-refractivity contribution in [2.75, 3.05) is 26.3 Å². The number of ether oxygens (including phenoxy) is 2. The summed E-state index contributed by atoms with van der Waals surface area (Å²) in [7, 11) is 0. The molecule has 9 N–H and O–H groups in total. The van der Waals surface area contributed by atoms with Crippen LogP contribution in [0.3, 0.4) is 0 Å². The van der Waals surface area contributed by atoms with E-state index in [-0.39, 0.29) is 24.6 Å². The monoisotopic (exact) mass is 601 g/mol. The lowest BCUT2D eigenvalue weighted by Crippen LogP contribution is -2.59. The summed E-state index contributed by atoms with van der Waals surface area (Å²) < 4.78 is 11.6. The summed E-state index contributed by atoms with van der Waals surface area (Å²) in [5.74, 6) is -0.813. The summed E-state index contributed by atoms with van der Waals surface area (Å²) in [4.78, 5) is 50.1. The number of carbonyl (C=O) groups excluding carboxylic acids is 2. The minimum absolute atomic E-state index is 0.0945. The molecule has 1 unspecified atom stereocenters. The largest absolute Gasteiger partial charge is 0.394 e. The van der Waals surface area contributed by atoms with Crippen molar-refractivity contribution < 1.29 is 49.7 Å². The second-order valence-electron chi connectivity index (χ2n) is 10.5. The molecule has 3 amide bonds. The number of hydrogen-bond donors (Lipinski definition) is 9. The first-order chi connectivity index (χ1) is 19.8. The van der Waals surface area contributed by atoms with Crippen molar-refractivity contribution in [3.63, 3.8) is 0 Å². The van der Waals surface area contributed by atoms with Crippen LogP contribution in [-0.4, -0.2) is 126 Å². The number of imide groups is 1. The number of aromatic nitrogens is 2. The average Bonchev–Trinajstić information content (AvgIpc) is 3.39. The van der Waals surface area contributed by atoms with Gasteiger partial charge in [-0.05, 0) is 19.9 Å². The van der Waals surface area contributed by atoms with E-state index >= 15 is 0 Å². The van der Waals surface area contributed by atoms with Crippen LogP contribution in [0.25, 0.3) is 0 Å². The van der Waals surface area contributed by atoms with E-state index in [4.69, 9.17) is 19.7 Å².